The zero-order valence-corrected chi connectivity index (χ0v) is 15.6. The zero-order chi connectivity index (χ0) is 17.2. The molecule has 122 valence electrons. The number of nitrogens with one attached hydrogen (secondary N) is 1. The summed E-state index contributed by atoms with van der Waals surface area (Å²) < 4.78 is 5.09. The fourth-order valence-corrected chi connectivity index (χ4v) is 1.43. The molecule has 0 atom stereocenters. The lowest BCUT2D eigenvalue weighted by Crippen LogP contribution is -2.27. The van der Waals surface area contributed by atoms with Gasteiger partial charge in [0, 0.05) is 0 Å². The molecular formula is C15H26Cl2N2O2. The molecule has 0 saturated heterocycles. The van der Waals surface area contributed by atoms with Crippen LogP contribution in [0.15, 0.2) is 6.07 Å². The summed E-state index contributed by atoms with van der Waals surface area (Å²) in [5, 5.41) is 3.02. The maximum atomic E-state index is 11.5. The zero-order valence-electron chi connectivity index (χ0n) is 14.1. The van der Waals surface area contributed by atoms with Crippen molar-refractivity contribution in [3.05, 3.63) is 21.8 Å². The molecule has 4 nitrogen and oxygen atoms in total. The predicted octanol–water partition coefficient (Wildman–Crippen LogP) is 6.10. The van der Waals surface area contributed by atoms with Crippen molar-refractivity contribution in [2.75, 3.05) is 5.32 Å². The maximum Gasteiger partial charge on any atom is 0.413 e. The monoisotopic (exact) mass is 336 g/mol. The summed E-state index contributed by atoms with van der Waals surface area (Å²) in [6.07, 6.45) is -0.581. The standard InChI is InChI=1S/C11H14Cl2N2O2.2C2H6/c1-6-5-7(14-9(13)8(6)12)15-10(16)17-11(2,3)4;2*1-2/h5H,1-4H3,(H,14,15,16);2*1-2H3. The first-order valence-electron chi connectivity index (χ1n) is 7.01. The summed E-state index contributed by atoms with van der Waals surface area (Å²) >= 11 is 11.7. The van der Waals surface area contributed by atoms with Crippen molar-refractivity contribution in [2.45, 2.75) is 61.0 Å². The summed E-state index contributed by atoms with van der Waals surface area (Å²) in [6.45, 7) is 15.1. The van der Waals surface area contributed by atoms with Crippen LogP contribution >= 0.6 is 23.2 Å². The predicted molar refractivity (Wildman–Crippen MR) is 91.5 cm³/mol. The van der Waals surface area contributed by atoms with E-state index in [-0.39, 0.29) is 5.15 Å². The molecule has 1 N–H and O–H groups in total. The van der Waals surface area contributed by atoms with E-state index in [1.54, 1.807) is 33.8 Å². The number of carbonyl (C=O) groups is 1. The Bertz CT molecular complexity index is 421. The first kappa shape index (κ1) is 22.3. The van der Waals surface area contributed by atoms with E-state index < -0.39 is 11.7 Å². The van der Waals surface area contributed by atoms with Crippen molar-refractivity contribution in [3.63, 3.8) is 0 Å². The number of aryl methyl sites for hydroxylation is 1. The number of nitrogens with zero attached hydrogens (tertiary/aromatic N) is 1. The van der Waals surface area contributed by atoms with E-state index in [4.69, 9.17) is 27.9 Å². The van der Waals surface area contributed by atoms with Crippen molar-refractivity contribution < 1.29 is 9.53 Å². The smallest absolute Gasteiger partial charge is 0.413 e. The molecule has 1 rings (SSSR count). The van der Waals surface area contributed by atoms with Gasteiger partial charge in [0.25, 0.3) is 0 Å². The summed E-state index contributed by atoms with van der Waals surface area (Å²) in [5.74, 6) is 0.311. The van der Waals surface area contributed by atoms with Crippen LogP contribution < -0.4 is 5.32 Å². The topological polar surface area (TPSA) is 51.2 Å². The van der Waals surface area contributed by atoms with Gasteiger partial charge in [0.1, 0.15) is 16.6 Å². The van der Waals surface area contributed by atoms with Gasteiger partial charge < -0.3 is 4.74 Å². The van der Waals surface area contributed by atoms with E-state index in [0.29, 0.717) is 10.8 Å². The Morgan fingerprint density at radius 3 is 2.05 bits per heavy atom. The third-order valence-electron chi connectivity index (χ3n) is 1.73. The molecule has 0 radical (unpaired) electrons. The largest absolute Gasteiger partial charge is 0.444 e. The quantitative estimate of drug-likeness (QED) is 0.630. The highest BCUT2D eigenvalue weighted by molar-refractivity contribution is 6.41. The van der Waals surface area contributed by atoms with Gasteiger partial charge in [-0.25, -0.2) is 9.78 Å². The van der Waals surface area contributed by atoms with Gasteiger partial charge in [-0.2, -0.15) is 0 Å². The molecule has 0 fully saturated rings. The van der Waals surface area contributed by atoms with E-state index in [1.165, 1.54) is 0 Å². The van der Waals surface area contributed by atoms with E-state index in [1.807, 2.05) is 27.7 Å². The van der Waals surface area contributed by atoms with E-state index in [2.05, 4.69) is 10.3 Å². The third-order valence-corrected chi connectivity index (χ3v) is 2.58. The van der Waals surface area contributed by atoms with Gasteiger partial charge in [-0.1, -0.05) is 50.9 Å². The van der Waals surface area contributed by atoms with Gasteiger partial charge in [0.15, 0.2) is 0 Å². The maximum absolute atomic E-state index is 11.5. The molecule has 0 aliphatic rings. The fourth-order valence-electron chi connectivity index (χ4n) is 1.09. The summed E-state index contributed by atoms with van der Waals surface area (Å²) in [4.78, 5) is 15.4. The van der Waals surface area contributed by atoms with Gasteiger partial charge in [-0.05, 0) is 39.3 Å². The molecule has 1 aromatic rings. The molecule has 0 saturated carbocycles. The van der Waals surface area contributed by atoms with Crippen molar-refractivity contribution >= 4 is 35.1 Å². The van der Waals surface area contributed by atoms with Crippen LogP contribution in [0.2, 0.25) is 10.2 Å². The summed E-state index contributed by atoms with van der Waals surface area (Å²) in [6, 6.07) is 1.62. The SMILES string of the molecule is CC.CC.Cc1cc(NC(=O)OC(C)(C)C)nc(Cl)c1Cl. The van der Waals surface area contributed by atoms with Crippen molar-refractivity contribution in [3.8, 4) is 0 Å². The molecule has 0 unspecified atom stereocenters. The second-order valence-corrected chi connectivity index (χ2v) is 5.29. The van der Waals surface area contributed by atoms with Gasteiger partial charge in [-0.3, -0.25) is 5.32 Å². The second-order valence-electron chi connectivity index (χ2n) is 4.56. The van der Waals surface area contributed by atoms with Crippen LogP contribution in [0.3, 0.4) is 0 Å². The summed E-state index contributed by atoms with van der Waals surface area (Å²) in [5.41, 5.74) is 0.174. The minimum atomic E-state index is -0.581. The Morgan fingerprint density at radius 1 is 1.19 bits per heavy atom. The van der Waals surface area contributed by atoms with E-state index >= 15 is 0 Å². The van der Waals surface area contributed by atoms with Crippen LogP contribution in [0.5, 0.6) is 0 Å². The highest BCUT2D eigenvalue weighted by Gasteiger charge is 2.17. The van der Waals surface area contributed by atoms with Crippen LogP contribution in [0.25, 0.3) is 0 Å². The Labute approximate surface area is 138 Å². The lowest BCUT2D eigenvalue weighted by Gasteiger charge is -2.19. The van der Waals surface area contributed by atoms with Crippen LogP contribution in [0.1, 0.15) is 54.0 Å². The Morgan fingerprint density at radius 2 is 1.67 bits per heavy atom. The first-order valence-corrected chi connectivity index (χ1v) is 7.77. The minimum Gasteiger partial charge on any atom is -0.444 e. The van der Waals surface area contributed by atoms with Crippen LogP contribution in [-0.4, -0.2) is 16.7 Å². The third kappa shape index (κ3) is 9.53. The van der Waals surface area contributed by atoms with E-state index in [0.717, 1.165) is 5.56 Å². The number of anilines is 1. The Hall–Kier alpha value is -1.00. The Kier molecular flexibility index (Phi) is 11.3. The molecule has 0 spiro atoms. The number of amides is 1. The van der Waals surface area contributed by atoms with Crippen molar-refractivity contribution in [1.82, 2.24) is 4.98 Å². The van der Waals surface area contributed by atoms with Gasteiger partial charge in [0.05, 0.1) is 5.02 Å². The molecule has 0 aromatic carbocycles. The van der Waals surface area contributed by atoms with Crippen LogP contribution in [-0.2, 0) is 4.74 Å². The number of carbonyl (C=O) groups excluding carboxylic acids is 1. The summed E-state index contributed by atoms with van der Waals surface area (Å²) in [7, 11) is 0. The van der Waals surface area contributed by atoms with Gasteiger partial charge >= 0.3 is 6.09 Å². The average Bonchev–Trinajstić information content (AvgIpc) is 2.38. The number of pyridine rings is 1. The highest BCUT2D eigenvalue weighted by atomic mass is 35.5. The van der Waals surface area contributed by atoms with Crippen molar-refractivity contribution in [2.24, 2.45) is 0 Å². The minimum absolute atomic E-state index is 0.151. The van der Waals surface area contributed by atoms with Crippen LogP contribution in [0.4, 0.5) is 10.6 Å². The normalized spacial score (nSPS) is 9.62. The average molecular weight is 337 g/mol. The molecule has 0 aliphatic heterocycles. The molecule has 0 bridgehead atoms. The molecule has 1 amide bonds. The number of rotatable bonds is 1. The molecule has 21 heavy (non-hydrogen) atoms. The second kappa shape index (κ2) is 10.7. The lowest BCUT2D eigenvalue weighted by atomic mass is 10.2. The molecule has 1 heterocycles. The Balaban J connectivity index is 0. The molecular weight excluding hydrogens is 311 g/mol. The number of aromatic nitrogens is 1. The molecule has 0 aliphatic carbocycles. The first-order chi connectivity index (χ1) is 9.69. The van der Waals surface area contributed by atoms with Crippen LogP contribution in [0, 0.1) is 6.92 Å². The fraction of sp³-hybridized carbons (Fsp3) is 0.600. The molecule has 1 aromatic heterocycles. The lowest BCUT2D eigenvalue weighted by molar-refractivity contribution is 0.0635. The van der Waals surface area contributed by atoms with E-state index in [9.17, 15) is 4.79 Å². The number of hydrogen-bond acceptors (Lipinski definition) is 3. The van der Waals surface area contributed by atoms with Gasteiger partial charge in [0.2, 0.25) is 0 Å². The van der Waals surface area contributed by atoms with Gasteiger partial charge in [-0.15, -0.1) is 0 Å². The number of halogens is 2. The van der Waals surface area contributed by atoms with Crippen molar-refractivity contribution in [1.29, 1.82) is 0 Å². The molecule has 6 heteroatoms. The highest BCUT2D eigenvalue weighted by Crippen LogP contribution is 2.26. The number of hydrogen-bond donors (Lipinski definition) is 1. The number of ether oxygens (including phenoxy) is 1.